The zero-order valence-corrected chi connectivity index (χ0v) is 6.68. The van der Waals surface area contributed by atoms with E-state index in [4.69, 9.17) is 0 Å². The molecular formula is C8H13N2. The zero-order chi connectivity index (χ0) is 7.61. The Hall–Kier alpha value is -0.790. The highest BCUT2D eigenvalue weighted by molar-refractivity contribution is 5.11. The van der Waals surface area contributed by atoms with Gasteiger partial charge in [-0.2, -0.15) is 0 Å². The lowest BCUT2D eigenvalue weighted by molar-refractivity contribution is 0.503. The van der Waals surface area contributed by atoms with Gasteiger partial charge in [0.2, 0.25) is 0 Å². The summed E-state index contributed by atoms with van der Waals surface area (Å²) in [5.41, 5.74) is 1.24. The van der Waals surface area contributed by atoms with Crippen LogP contribution in [0.25, 0.3) is 0 Å². The maximum Gasteiger partial charge on any atom is 0.0923 e. The first-order valence-electron chi connectivity index (χ1n) is 3.43. The normalized spacial score (nSPS) is 11.9. The fourth-order valence-corrected chi connectivity index (χ4v) is 0.794. The second kappa shape index (κ2) is 2.45. The number of imidazole rings is 1. The van der Waals surface area contributed by atoms with Crippen molar-refractivity contribution >= 4 is 0 Å². The second-order valence-corrected chi connectivity index (χ2v) is 3.50. The Morgan fingerprint density at radius 1 is 1.50 bits per heavy atom. The molecule has 0 bridgehead atoms. The van der Waals surface area contributed by atoms with Crippen LogP contribution in [0.3, 0.4) is 0 Å². The Kier molecular flexibility index (Phi) is 1.79. The molecular weight excluding hydrogens is 124 g/mol. The summed E-state index contributed by atoms with van der Waals surface area (Å²) < 4.78 is 0. The number of nitrogens with zero attached hydrogens (tertiary/aromatic N) is 1. The molecule has 1 rings (SSSR count). The van der Waals surface area contributed by atoms with Crippen LogP contribution in [0.1, 0.15) is 26.5 Å². The predicted molar refractivity (Wildman–Crippen MR) is 41.4 cm³/mol. The first-order valence-corrected chi connectivity index (χ1v) is 3.43. The van der Waals surface area contributed by atoms with Gasteiger partial charge in [-0.3, -0.25) is 0 Å². The minimum absolute atomic E-state index is 0.217. The molecule has 0 unspecified atom stereocenters. The van der Waals surface area contributed by atoms with Crippen molar-refractivity contribution in [1.82, 2.24) is 9.97 Å². The van der Waals surface area contributed by atoms with E-state index in [2.05, 4.69) is 37.2 Å². The number of H-pyrrole nitrogens is 1. The summed E-state index contributed by atoms with van der Waals surface area (Å²) in [5, 5.41) is 0. The molecule has 0 amide bonds. The van der Waals surface area contributed by atoms with Crippen LogP contribution in [0.4, 0.5) is 0 Å². The number of rotatable bonds is 1. The van der Waals surface area contributed by atoms with Crippen LogP contribution in [0.2, 0.25) is 0 Å². The molecule has 0 aliphatic rings. The van der Waals surface area contributed by atoms with Gasteiger partial charge in [0.1, 0.15) is 0 Å². The zero-order valence-electron chi connectivity index (χ0n) is 6.68. The van der Waals surface area contributed by atoms with Gasteiger partial charge in [-0.15, -0.1) is 0 Å². The van der Waals surface area contributed by atoms with Crippen molar-refractivity contribution in [3.05, 3.63) is 24.6 Å². The first kappa shape index (κ1) is 7.32. The molecule has 0 aliphatic heterocycles. The van der Waals surface area contributed by atoms with E-state index in [0.29, 0.717) is 0 Å². The first-order chi connectivity index (χ1) is 4.58. The standard InChI is InChI=1S/C8H13N2/c1-8(2,3)4-7-5-9-6-10-7/h4-6H,1-3H3,(H,9,10). The third-order valence-corrected chi connectivity index (χ3v) is 1.10. The molecule has 1 heterocycles. The molecule has 1 N–H and O–H groups in total. The molecule has 2 nitrogen and oxygen atoms in total. The van der Waals surface area contributed by atoms with Crippen molar-refractivity contribution in [3.63, 3.8) is 0 Å². The smallest absolute Gasteiger partial charge is 0.0923 e. The van der Waals surface area contributed by atoms with Crippen molar-refractivity contribution in [2.45, 2.75) is 20.8 Å². The average molecular weight is 137 g/mol. The Morgan fingerprint density at radius 2 is 2.20 bits per heavy atom. The van der Waals surface area contributed by atoms with Crippen molar-refractivity contribution in [2.24, 2.45) is 5.41 Å². The molecule has 0 atom stereocenters. The van der Waals surface area contributed by atoms with Gasteiger partial charge in [0.15, 0.2) is 0 Å². The van der Waals surface area contributed by atoms with Crippen LogP contribution in [0, 0.1) is 11.8 Å². The molecule has 2 heteroatoms. The van der Waals surface area contributed by atoms with E-state index in [0.717, 1.165) is 5.69 Å². The van der Waals surface area contributed by atoms with Crippen LogP contribution in [0.15, 0.2) is 12.5 Å². The Bertz CT molecular complexity index is 182. The molecule has 55 valence electrons. The fraction of sp³-hybridized carbons (Fsp3) is 0.500. The summed E-state index contributed by atoms with van der Waals surface area (Å²) in [6, 6.07) is 0. The van der Waals surface area contributed by atoms with E-state index in [1.807, 2.05) is 6.20 Å². The van der Waals surface area contributed by atoms with E-state index in [-0.39, 0.29) is 5.41 Å². The number of hydrogen-bond acceptors (Lipinski definition) is 1. The minimum atomic E-state index is 0.217. The highest BCUT2D eigenvalue weighted by Crippen LogP contribution is 2.20. The summed E-state index contributed by atoms with van der Waals surface area (Å²) in [4.78, 5) is 7.00. The minimum Gasteiger partial charge on any atom is -0.351 e. The van der Waals surface area contributed by atoms with Crippen LogP contribution in [-0.4, -0.2) is 9.97 Å². The lowest BCUT2D eigenvalue weighted by Crippen LogP contribution is -2.06. The third kappa shape index (κ3) is 2.21. The molecule has 10 heavy (non-hydrogen) atoms. The summed E-state index contributed by atoms with van der Waals surface area (Å²) in [6.45, 7) is 6.46. The van der Waals surface area contributed by atoms with Gasteiger partial charge in [0, 0.05) is 12.6 Å². The van der Waals surface area contributed by atoms with E-state index >= 15 is 0 Å². The lowest BCUT2D eigenvalue weighted by Gasteiger charge is -2.14. The summed E-state index contributed by atoms with van der Waals surface area (Å²) in [6.07, 6.45) is 5.71. The topological polar surface area (TPSA) is 28.7 Å². The molecule has 0 fully saturated rings. The van der Waals surface area contributed by atoms with Gasteiger partial charge < -0.3 is 4.98 Å². The van der Waals surface area contributed by atoms with Gasteiger partial charge in [0.05, 0.1) is 12.0 Å². The van der Waals surface area contributed by atoms with Gasteiger partial charge in [-0.25, -0.2) is 4.98 Å². The summed E-state index contributed by atoms with van der Waals surface area (Å²) >= 11 is 0. The van der Waals surface area contributed by atoms with Crippen molar-refractivity contribution in [2.75, 3.05) is 0 Å². The van der Waals surface area contributed by atoms with Gasteiger partial charge in [-0.05, 0) is 5.41 Å². The van der Waals surface area contributed by atoms with Crippen molar-refractivity contribution < 1.29 is 0 Å². The van der Waals surface area contributed by atoms with Crippen LogP contribution in [0.5, 0.6) is 0 Å². The van der Waals surface area contributed by atoms with Crippen LogP contribution >= 0.6 is 0 Å². The lowest BCUT2D eigenvalue weighted by atomic mass is 9.91. The molecule has 1 aromatic rings. The van der Waals surface area contributed by atoms with Crippen LogP contribution in [-0.2, 0) is 0 Å². The van der Waals surface area contributed by atoms with Crippen molar-refractivity contribution in [1.29, 1.82) is 0 Å². The van der Waals surface area contributed by atoms with E-state index < -0.39 is 0 Å². The van der Waals surface area contributed by atoms with Gasteiger partial charge in [-0.1, -0.05) is 20.8 Å². The molecule has 0 saturated heterocycles. The third-order valence-electron chi connectivity index (χ3n) is 1.10. The quantitative estimate of drug-likeness (QED) is 0.630. The monoisotopic (exact) mass is 137 g/mol. The molecule has 0 saturated carbocycles. The summed E-state index contributed by atoms with van der Waals surface area (Å²) in [7, 11) is 0. The highest BCUT2D eigenvalue weighted by atomic mass is 14.9. The number of hydrogen-bond donors (Lipinski definition) is 1. The largest absolute Gasteiger partial charge is 0.351 e. The molecule has 1 aromatic heterocycles. The highest BCUT2D eigenvalue weighted by Gasteiger charge is 2.12. The molecule has 0 spiro atoms. The number of aromatic amines is 1. The van der Waals surface area contributed by atoms with E-state index in [9.17, 15) is 0 Å². The Morgan fingerprint density at radius 3 is 2.60 bits per heavy atom. The van der Waals surface area contributed by atoms with Crippen molar-refractivity contribution in [3.8, 4) is 0 Å². The average Bonchev–Trinajstić information content (AvgIpc) is 2.12. The van der Waals surface area contributed by atoms with E-state index in [1.54, 1.807) is 6.33 Å². The maximum atomic E-state index is 4.09. The predicted octanol–water partition coefficient (Wildman–Crippen LogP) is 2.01. The summed E-state index contributed by atoms with van der Waals surface area (Å²) in [5.74, 6) is 0. The maximum absolute atomic E-state index is 4.09. The van der Waals surface area contributed by atoms with Gasteiger partial charge >= 0.3 is 0 Å². The molecule has 1 radical (unpaired) electrons. The SMILES string of the molecule is CC(C)(C)[CH]c1c[nH]cn1. The van der Waals surface area contributed by atoms with E-state index in [1.165, 1.54) is 0 Å². The number of nitrogens with one attached hydrogen (secondary N) is 1. The Labute approximate surface area is 61.7 Å². The van der Waals surface area contributed by atoms with Gasteiger partial charge in [0.25, 0.3) is 0 Å². The second-order valence-electron chi connectivity index (χ2n) is 3.50. The Balaban J connectivity index is 2.57. The number of aromatic nitrogens is 2. The molecule has 0 aliphatic carbocycles. The van der Waals surface area contributed by atoms with Crippen LogP contribution < -0.4 is 0 Å². The fourth-order valence-electron chi connectivity index (χ4n) is 0.794. The molecule has 0 aromatic carbocycles.